The van der Waals surface area contributed by atoms with Crippen LogP contribution in [0.1, 0.15) is 13.3 Å². The Hall–Kier alpha value is 0.0144. The molecule has 0 aliphatic rings. The molecule has 0 aromatic heterocycles. The molecule has 31 valence electrons. The normalized spacial score (nSPS) is 6.50. The molecule has 0 aliphatic carbocycles. The van der Waals surface area contributed by atoms with Crippen LogP contribution >= 0.6 is 0 Å². The Kier molecular flexibility index (Phi) is 3.22. The summed E-state index contributed by atoms with van der Waals surface area (Å²) in [6.07, 6.45) is 5.74. The molecule has 0 saturated heterocycles. The summed E-state index contributed by atoms with van der Waals surface area (Å²) in [4.78, 5) is 0. The van der Waals surface area contributed by atoms with Gasteiger partial charge in [0.05, 0.1) is 0 Å². The van der Waals surface area contributed by atoms with Crippen molar-refractivity contribution in [1.82, 2.24) is 0 Å². The molecule has 0 spiro atoms. The Labute approximate surface area is 47.4 Å². The topological polar surface area (TPSA) is 0 Å². The van der Waals surface area contributed by atoms with Gasteiger partial charge in [0.25, 0.3) is 0 Å². The Balaban J connectivity index is 3.13. The van der Waals surface area contributed by atoms with Crippen LogP contribution in [-0.4, -0.2) is 4.23 Å². The van der Waals surface area contributed by atoms with Gasteiger partial charge in [0, 0.05) is 0 Å². The summed E-state index contributed by atoms with van der Waals surface area (Å²) in [5.41, 5.74) is 0. The van der Waals surface area contributed by atoms with Crippen molar-refractivity contribution in [3.8, 4) is 12.3 Å². The zero-order chi connectivity index (χ0) is 4.99. The number of rotatable bonds is 1. The first-order valence-corrected chi connectivity index (χ1v) is 2.42. The molecule has 0 aromatic carbocycles. The molecular formula is C5H6V. The fraction of sp³-hybridized carbons (Fsp3) is 0.400. The predicted molar refractivity (Wildman–Crippen MR) is 24.1 cm³/mol. The van der Waals surface area contributed by atoms with E-state index in [4.69, 9.17) is 6.42 Å². The first kappa shape index (κ1) is 6.01. The standard InChI is InChI=1S/C5H6.V/c1-3-5-4-2;/h1H,5H2,2H3;. The second-order valence-electron chi connectivity index (χ2n) is 1.12. The van der Waals surface area contributed by atoms with Crippen LogP contribution in [0.15, 0.2) is 0 Å². The minimum atomic E-state index is 0.792. The number of hydrogen-bond donors (Lipinski definition) is 0. The Bertz CT molecular complexity index is 86.6. The fourth-order valence-corrected chi connectivity index (χ4v) is 0.290. The van der Waals surface area contributed by atoms with Gasteiger partial charge in [-0.3, -0.25) is 0 Å². The third kappa shape index (κ3) is 4.01. The summed E-state index contributed by atoms with van der Waals surface area (Å²) in [5.74, 6) is 2.51. The van der Waals surface area contributed by atoms with E-state index in [0.717, 1.165) is 6.42 Å². The van der Waals surface area contributed by atoms with Crippen molar-refractivity contribution < 1.29 is 17.0 Å². The van der Waals surface area contributed by atoms with Crippen molar-refractivity contribution in [2.24, 2.45) is 0 Å². The van der Waals surface area contributed by atoms with Crippen molar-refractivity contribution in [2.75, 3.05) is 0 Å². The fourth-order valence-electron chi connectivity index (χ4n) is 0.148. The van der Waals surface area contributed by atoms with Crippen molar-refractivity contribution in [2.45, 2.75) is 13.3 Å². The first-order chi connectivity index (χ1) is 2.77. The molecule has 0 fully saturated rings. The zero-order valence-corrected chi connectivity index (χ0v) is 5.13. The van der Waals surface area contributed by atoms with Gasteiger partial charge in [-0.05, 0) is 0 Å². The van der Waals surface area contributed by atoms with Crippen LogP contribution in [0.3, 0.4) is 0 Å². The Morgan fingerprint density at radius 1 is 2.00 bits per heavy atom. The van der Waals surface area contributed by atoms with Gasteiger partial charge in [-0.1, -0.05) is 0 Å². The molecule has 0 rings (SSSR count). The number of terminal acetylenes is 1. The second kappa shape index (κ2) is 3.21. The number of hydrogen-bond acceptors (Lipinski definition) is 0. The Morgan fingerprint density at radius 2 is 2.50 bits per heavy atom. The molecule has 6 heavy (non-hydrogen) atoms. The first-order valence-electron chi connectivity index (χ1n) is 1.72. The van der Waals surface area contributed by atoms with E-state index in [9.17, 15) is 0 Å². The van der Waals surface area contributed by atoms with Gasteiger partial charge in [-0.25, -0.2) is 0 Å². The molecule has 0 heterocycles. The van der Waals surface area contributed by atoms with E-state index in [1.54, 1.807) is 0 Å². The van der Waals surface area contributed by atoms with Gasteiger partial charge in [-0.2, -0.15) is 0 Å². The molecule has 0 amide bonds. The van der Waals surface area contributed by atoms with Crippen molar-refractivity contribution in [3.05, 3.63) is 0 Å². The van der Waals surface area contributed by atoms with E-state index in [1.165, 1.54) is 4.23 Å². The summed E-state index contributed by atoms with van der Waals surface area (Å²) in [7, 11) is 0. The van der Waals surface area contributed by atoms with Crippen molar-refractivity contribution >= 4 is 4.23 Å². The third-order valence-corrected chi connectivity index (χ3v) is 0.605. The molecule has 0 aliphatic heterocycles. The summed E-state index contributed by atoms with van der Waals surface area (Å²) in [6.45, 7) is 2.00. The predicted octanol–water partition coefficient (Wildman–Crippen LogP) is 0.749. The van der Waals surface area contributed by atoms with Gasteiger partial charge in [0.15, 0.2) is 0 Å². The van der Waals surface area contributed by atoms with Crippen molar-refractivity contribution in [3.63, 3.8) is 0 Å². The van der Waals surface area contributed by atoms with Gasteiger partial charge in [0.1, 0.15) is 0 Å². The molecule has 1 heteroatoms. The average molecular weight is 117 g/mol. The summed E-state index contributed by atoms with van der Waals surface area (Å²) < 4.78 is 1.24. The van der Waals surface area contributed by atoms with E-state index in [2.05, 4.69) is 22.9 Å². The maximum atomic E-state index is 4.95. The van der Waals surface area contributed by atoms with E-state index in [1.807, 2.05) is 6.92 Å². The van der Waals surface area contributed by atoms with Gasteiger partial charge >= 0.3 is 46.9 Å². The molecule has 0 bridgehead atoms. The summed E-state index contributed by atoms with van der Waals surface area (Å²) in [6, 6.07) is 0. The van der Waals surface area contributed by atoms with E-state index < -0.39 is 0 Å². The van der Waals surface area contributed by atoms with Gasteiger partial charge in [-0.15, -0.1) is 0 Å². The van der Waals surface area contributed by atoms with Crippen LogP contribution in [0, 0.1) is 12.3 Å². The summed E-state index contributed by atoms with van der Waals surface area (Å²) >= 11 is 2.42. The Morgan fingerprint density at radius 3 is 2.50 bits per heavy atom. The second-order valence-corrected chi connectivity index (χ2v) is 2.31. The van der Waals surface area contributed by atoms with Crippen LogP contribution < -0.4 is 0 Å². The zero-order valence-electron chi connectivity index (χ0n) is 3.73. The molecule has 0 saturated carbocycles. The molecular weight excluding hydrogens is 111 g/mol. The molecule has 0 atom stereocenters. The molecule has 0 N–H and O–H groups in total. The maximum absolute atomic E-state index is 4.95. The van der Waals surface area contributed by atoms with Crippen LogP contribution in [0.5, 0.6) is 0 Å². The van der Waals surface area contributed by atoms with E-state index >= 15 is 0 Å². The van der Waals surface area contributed by atoms with E-state index in [-0.39, 0.29) is 0 Å². The minimum absolute atomic E-state index is 0.792. The van der Waals surface area contributed by atoms with Gasteiger partial charge in [0.2, 0.25) is 0 Å². The van der Waals surface area contributed by atoms with Crippen LogP contribution in [0.4, 0.5) is 0 Å². The molecule has 0 nitrogen and oxygen atoms in total. The monoisotopic (exact) mass is 117 g/mol. The van der Waals surface area contributed by atoms with E-state index in [0.29, 0.717) is 0 Å². The van der Waals surface area contributed by atoms with Gasteiger partial charge < -0.3 is 0 Å². The summed E-state index contributed by atoms with van der Waals surface area (Å²) in [5, 5.41) is 0. The molecule has 0 aromatic rings. The SMILES string of the molecule is C#CC[C](C)=[V]. The third-order valence-electron chi connectivity index (χ3n) is 0.358. The molecule has 0 radical (unpaired) electrons. The quantitative estimate of drug-likeness (QED) is 0.444. The molecule has 0 unspecified atom stereocenters. The average Bonchev–Trinajstić information content (AvgIpc) is 1.35. The van der Waals surface area contributed by atoms with Crippen LogP contribution in [0.25, 0.3) is 0 Å². The van der Waals surface area contributed by atoms with Crippen LogP contribution in [-0.2, 0) is 17.0 Å². The van der Waals surface area contributed by atoms with Crippen LogP contribution in [0.2, 0.25) is 0 Å². The van der Waals surface area contributed by atoms with Crippen molar-refractivity contribution in [1.29, 1.82) is 0 Å².